The van der Waals surface area contributed by atoms with Crippen molar-refractivity contribution in [3.05, 3.63) is 131 Å². The molecule has 4 aromatic rings. The van der Waals surface area contributed by atoms with E-state index in [0.717, 1.165) is 5.57 Å². The summed E-state index contributed by atoms with van der Waals surface area (Å²) >= 11 is 0. The van der Waals surface area contributed by atoms with Crippen LogP contribution in [0.5, 0.6) is 17.2 Å². The molecule has 8 rings (SSSR count). The zero-order valence-electron chi connectivity index (χ0n) is 30.0. The van der Waals surface area contributed by atoms with Crippen LogP contribution in [0, 0.1) is 35.0 Å². The van der Waals surface area contributed by atoms with Crippen molar-refractivity contribution in [2.45, 2.75) is 19.8 Å². The van der Waals surface area contributed by atoms with Crippen LogP contribution >= 0.6 is 0 Å². The largest absolute Gasteiger partial charge is 0.502 e. The summed E-state index contributed by atoms with van der Waals surface area (Å²) in [5, 5.41) is 10.5. The van der Waals surface area contributed by atoms with Gasteiger partial charge < -0.3 is 14.6 Å². The monoisotopic (exact) mass is 722 g/mol. The van der Waals surface area contributed by atoms with Crippen LogP contribution in [0.15, 0.2) is 115 Å². The van der Waals surface area contributed by atoms with Crippen molar-refractivity contribution in [1.82, 2.24) is 0 Å². The van der Waals surface area contributed by atoms with E-state index in [4.69, 9.17) is 9.47 Å². The van der Waals surface area contributed by atoms with Crippen molar-refractivity contribution in [2.24, 2.45) is 35.0 Å². The van der Waals surface area contributed by atoms with E-state index in [2.05, 4.69) is 0 Å². The minimum absolute atomic E-state index is 0.149. The fourth-order valence-electron chi connectivity index (χ4n) is 9.03. The van der Waals surface area contributed by atoms with Gasteiger partial charge in [0.15, 0.2) is 17.3 Å². The summed E-state index contributed by atoms with van der Waals surface area (Å²) in [6.45, 7) is 1.82. The molecule has 54 heavy (non-hydrogen) atoms. The number of rotatable bonds is 8. The molecule has 6 atom stereocenters. The number of phenols is 1. The molecule has 2 aliphatic carbocycles. The average molecular weight is 723 g/mol. The van der Waals surface area contributed by atoms with Crippen LogP contribution in [-0.2, 0) is 19.2 Å². The van der Waals surface area contributed by atoms with Crippen LogP contribution in [0.3, 0.4) is 0 Å². The zero-order chi connectivity index (χ0) is 37.9. The average Bonchev–Trinajstić information content (AvgIpc) is 3.57. The smallest absolute Gasteiger partial charge is 0.241 e. The second-order valence-corrected chi connectivity index (χ2v) is 14.4. The van der Waals surface area contributed by atoms with E-state index < -0.39 is 35.0 Å². The number of methoxy groups -OCH3 is 2. The molecule has 3 fully saturated rings. The Hall–Kier alpha value is -6.29. The first kappa shape index (κ1) is 34.8. The SMILES string of the molecule is COc1cc(C=C[C@H]2C3=CC[C@@H]4C(=O)N(c5ccc(C(=O)c6ccccc6)cc5)C(=O)[C@@H]4[C@@H]3C[C@H]3C(=O)N(c4ccccc4)C(=O)[C@@]23C)cc(OC)c1O. The molecule has 1 saturated carbocycles. The highest BCUT2D eigenvalue weighted by atomic mass is 16.5. The third kappa shape index (κ3) is 5.27. The molecule has 0 unspecified atom stereocenters. The summed E-state index contributed by atoms with van der Waals surface area (Å²) in [5.74, 6) is -4.54. The number of hydrogen-bond donors (Lipinski definition) is 1. The van der Waals surface area contributed by atoms with Crippen LogP contribution in [0.1, 0.15) is 41.3 Å². The van der Waals surface area contributed by atoms with E-state index >= 15 is 0 Å². The van der Waals surface area contributed by atoms with E-state index in [-0.39, 0.29) is 53.1 Å². The van der Waals surface area contributed by atoms with Crippen molar-refractivity contribution in [3.63, 3.8) is 0 Å². The van der Waals surface area contributed by atoms with Crippen molar-refractivity contribution in [1.29, 1.82) is 0 Å². The number of fused-ring (bicyclic) bond motifs is 4. The van der Waals surface area contributed by atoms with E-state index in [9.17, 15) is 29.1 Å². The van der Waals surface area contributed by atoms with Crippen molar-refractivity contribution in [2.75, 3.05) is 24.0 Å². The number of ether oxygens (including phenoxy) is 2. The number of allylic oxidation sites excluding steroid dienone is 3. The van der Waals surface area contributed by atoms with Gasteiger partial charge in [0.2, 0.25) is 29.4 Å². The van der Waals surface area contributed by atoms with Crippen LogP contribution in [0.25, 0.3) is 6.08 Å². The van der Waals surface area contributed by atoms with Crippen LogP contribution < -0.4 is 19.3 Å². The molecule has 10 heteroatoms. The highest BCUT2D eigenvalue weighted by Crippen LogP contribution is 2.61. The normalized spacial score (nSPS) is 26.1. The summed E-state index contributed by atoms with van der Waals surface area (Å²) in [6.07, 6.45) is 6.19. The maximum absolute atomic E-state index is 14.6. The highest BCUT2D eigenvalue weighted by molar-refractivity contribution is 6.25. The molecule has 2 saturated heterocycles. The van der Waals surface area contributed by atoms with Gasteiger partial charge in [0, 0.05) is 17.0 Å². The molecule has 4 aliphatic rings. The Bertz CT molecular complexity index is 2240. The summed E-state index contributed by atoms with van der Waals surface area (Å²) in [6, 6.07) is 27.5. The predicted molar refractivity (Wildman–Crippen MR) is 201 cm³/mol. The number of benzene rings is 4. The lowest BCUT2D eigenvalue weighted by Crippen LogP contribution is -2.49. The van der Waals surface area contributed by atoms with Gasteiger partial charge in [-0.1, -0.05) is 72.3 Å². The van der Waals surface area contributed by atoms with Gasteiger partial charge in [0.05, 0.1) is 48.8 Å². The Kier molecular flexibility index (Phi) is 8.56. The molecule has 0 aromatic heterocycles. The maximum Gasteiger partial charge on any atom is 0.241 e. The van der Waals surface area contributed by atoms with Gasteiger partial charge in [-0.3, -0.25) is 28.9 Å². The summed E-state index contributed by atoms with van der Waals surface area (Å²) in [4.78, 5) is 73.1. The molecule has 10 nitrogen and oxygen atoms in total. The van der Waals surface area contributed by atoms with Crippen LogP contribution in [-0.4, -0.2) is 48.7 Å². The lowest BCUT2D eigenvalue weighted by Gasteiger charge is -2.47. The molecule has 4 amide bonds. The molecule has 1 N–H and O–H groups in total. The van der Waals surface area contributed by atoms with E-state index in [1.165, 1.54) is 24.0 Å². The molecule has 0 spiro atoms. The number of ketones is 1. The van der Waals surface area contributed by atoms with Gasteiger partial charge in [-0.2, -0.15) is 0 Å². The number of amides is 4. The molecule has 272 valence electrons. The van der Waals surface area contributed by atoms with E-state index in [1.807, 2.05) is 37.3 Å². The van der Waals surface area contributed by atoms with Crippen LogP contribution in [0.4, 0.5) is 11.4 Å². The molecule has 0 radical (unpaired) electrons. The first-order valence-electron chi connectivity index (χ1n) is 17.9. The Labute approximate surface area is 312 Å². The Morgan fingerprint density at radius 3 is 1.98 bits per heavy atom. The molecular weight excluding hydrogens is 684 g/mol. The number of hydrogen-bond acceptors (Lipinski definition) is 8. The number of aromatic hydroxyl groups is 1. The number of imide groups is 2. The summed E-state index contributed by atoms with van der Waals surface area (Å²) in [7, 11) is 2.87. The fraction of sp³-hybridized carbons (Fsp3) is 0.250. The Balaban J connectivity index is 1.17. The minimum Gasteiger partial charge on any atom is -0.502 e. The van der Waals surface area contributed by atoms with Gasteiger partial charge in [-0.05, 0) is 79.8 Å². The van der Waals surface area contributed by atoms with E-state index in [0.29, 0.717) is 34.5 Å². The van der Waals surface area contributed by atoms with Gasteiger partial charge in [0.25, 0.3) is 0 Å². The lowest BCUT2D eigenvalue weighted by molar-refractivity contribution is -0.132. The Morgan fingerprint density at radius 2 is 1.35 bits per heavy atom. The molecule has 2 heterocycles. The predicted octanol–water partition coefficient (Wildman–Crippen LogP) is 6.62. The quantitative estimate of drug-likeness (QED) is 0.122. The number of nitrogens with zero attached hydrogens (tertiary/aromatic N) is 2. The standard InChI is InChI=1S/C44H38N2O8/c1-44-33(21-14-25-22-35(53-2)39(48)36(23-25)54-3)30-19-20-31-37(32(30)24-34(44)41(50)46(43(44)52)28-12-8-5-9-13-28)42(51)45(40(31)49)29-17-15-27(16-18-29)38(47)26-10-6-4-7-11-26/h4-19,21-23,31-34,37,48H,20,24H2,1-3H3/t31-,32+,33-,34-,37-,44-/m0/s1. The first-order chi connectivity index (χ1) is 26.1. The molecule has 0 bridgehead atoms. The minimum atomic E-state index is -1.20. The van der Waals surface area contributed by atoms with Crippen molar-refractivity contribution in [3.8, 4) is 17.2 Å². The maximum atomic E-state index is 14.6. The number of carbonyl (C=O) groups is 5. The first-order valence-corrected chi connectivity index (χ1v) is 17.9. The van der Waals surface area contributed by atoms with Gasteiger partial charge in [-0.25, -0.2) is 4.90 Å². The lowest BCUT2D eigenvalue weighted by atomic mass is 9.52. The van der Waals surface area contributed by atoms with Crippen LogP contribution in [0.2, 0.25) is 0 Å². The number of para-hydroxylation sites is 1. The van der Waals surface area contributed by atoms with E-state index in [1.54, 1.807) is 84.9 Å². The second kappa shape index (κ2) is 13.3. The topological polar surface area (TPSA) is 131 Å². The number of carbonyl (C=O) groups excluding carboxylic acids is 5. The highest BCUT2D eigenvalue weighted by Gasteiger charge is 2.67. The van der Waals surface area contributed by atoms with Crippen molar-refractivity contribution >= 4 is 46.9 Å². The Morgan fingerprint density at radius 1 is 0.759 bits per heavy atom. The van der Waals surface area contributed by atoms with Gasteiger partial charge >= 0.3 is 0 Å². The van der Waals surface area contributed by atoms with Gasteiger partial charge in [0.1, 0.15) is 0 Å². The fourth-order valence-corrected chi connectivity index (χ4v) is 9.03. The van der Waals surface area contributed by atoms with Crippen molar-refractivity contribution < 1.29 is 38.6 Å². The molecule has 4 aromatic carbocycles. The van der Waals surface area contributed by atoms with Gasteiger partial charge in [-0.15, -0.1) is 0 Å². The summed E-state index contributed by atoms with van der Waals surface area (Å²) < 4.78 is 10.7. The number of phenolic OH excluding ortho intramolecular Hbond substituents is 1. The third-order valence-corrected chi connectivity index (χ3v) is 11.8. The second-order valence-electron chi connectivity index (χ2n) is 14.4. The molecular formula is C44H38N2O8. The zero-order valence-corrected chi connectivity index (χ0v) is 30.0. The third-order valence-electron chi connectivity index (χ3n) is 11.8. The molecule has 2 aliphatic heterocycles. The summed E-state index contributed by atoms with van der Waals surface area (Å²) in [5.41, 5.74) is 2.08. The number of anilines is 2.